The molecule has 2 N–H and O–H groups in total. The van der Waals surface area contributed by atoms with Crippen LogP contribution in [0.1, 0.15) is 29.6 Å². The van der Waals surface area contributed by atoms with Crippen LogP contribution in [0.5, 0.6) is 0 Å². The van der Waals surface area contributed by atoms with Crippen molar-refractivity contribution in [2.45, 2.75) is 19.3 Å². The molecule has 0 saturated heterocycles. The molecule has 2 rings (SSSR count). The van der Waals surface area contributed by atoms with Gasteiger partial charge in [-0.05, 0) is 43.5 Å². The highest BCUT2D eigenvalue weighted by Crippen LogP contribution is 2.13. The van der Waals surface area contributed by atoms with Gasteiger partial charge in [0.1, 0.15) is 0 Å². The number of unbranched alkanes of at least 4 members (excludes halogenated alkanes) is 2. The molecule has 19 heavy (non-hydrogen) atoms. The number of carbonyl (C=O) groups excluding carboxylic acids is 1. The molecule has 0 aliphatic rings. The highest BCUT2D eigenvalue weighted by Gasteiger charge is 2.05. The van der Waals surface area contributed by atoms with E-state index in [9.17, 15) is 4.79 Å². The Bertz CT molecular complexity index is 555. The predicted octanol–water partition coefficient (Wildman–Crippen LogP) is 2.13. The van der Waals surface area contributed by atoms with Crippen LogP contribution < -0.4 is 5.32 Å². The molecular formula is C15H18N2O2. The summed E-state index contributed by atoms with van der Waals surface area (Å²) in [6.07, 6.45) is 4.35. The molecule has 1 aromatic heterocycles. The lowest BCUT2D eigenvalue weighted by Crippen LogP contribution is -2.24. The van der Waals surface area contributed by atoms with Crippen LogP contribution in [0.2, 0.25) is 0 Å². The van der Waals surface area contributed by atoms with Crippen LogP contribution in [-0.2, 0) is 0 Å². The Labute approximate surface area is 112 Å². The van der Waals surface area contributed by atoms with Gasteiger partial charge in [0.25, 0.3) is 5.91 Å². The molecule has 1 aromatic carbocycles. The summed E-state index contributed by atoms with van der Waals surface area (Å²) in [6.45, 7) is 0.857. The maximum absolute atomic E-state index is 11.9. The molecule has 0 atom stereocenters. The number of fused-ring (bicyclic) bond motifs is 1. The van der Waals surface area contributed by atoms with E-state index in [4.69, 9.17) is 5.11 Å². The number of rotatable bonds is 6. The summed E-state index contributed by atoms with van der Waals surface area (Å²) in [5.74, 6) is -0.0604. The van der Waals surface area contributed by atoms with E-state index < -0.39 is 0 Å². The first kappa shape index (κ1) is 13.5. The molecule has 4 heteroatoms. The normalized spacial score (nSPS) is 10.6. The number of pyridine rings is 1. The number of carbonyl (C=O) groups is 1. The van der Waals surface area contributed by atoms with Crippen LogP contribution >= 0.6 is 0 Å². The Morgan fingerprint density at radius 3 is 2.95 bits per heavy atom. The fourth-order valence-electron chi connectivity index (χ4n) is 1.93. The number of aliphatic hydroxyl groups is 1. The molecule has 0 spiro atoms. The minimum absolute atomic E-state index is 0.0604. The SMILES string of the molecule is O=C(NCCCCCO)c1ccc2ncccc2c1. The van der Waals surface area contributed by atoms with Gasteiger partial charge in [0.15, 0.2) is 0 Å². The summed E-state index contributed by atoms with van der Waals surface area (Å²) < 4.78 is 0. The zero-order chi connectivity index (χ0) is 13.5. The Morgan fingerprint density at radius 2 is 2.11 bits per heavy atom. The van der Waals surface area contributed by atoms with E-state index in [1.807, 2.05) is 24.3 Å². The topological polar surface area (TPSA) is 62.2 Å². The number of aliphatic hydroxyl groups excluding tert-OH is 1. The summed E-state index contributed by atoms with van der Waals surface area (Å²) in [5.41, 5.74) is 1.55. The molecule has 0 fully saturated rings. The van der Waals surface area contributed by atoms with Crippen molar-refractivity contribution in [3.05, 3.63) is 42.1 Å². The van der Waals surface area contributed by atoms with Gasteiger partial charge in [-0.2, -0.15) is 0 Å². The van der Waals surface area contributed by atoms with Crippen molar-refractivity contribution in [3.63, 3.8) is 0 Å². The highest BCUT2D eigenvalue weighted by atomic mass is 16.2. The van der Waals surface area contributed by atoms with Gasteiger partial charge in [0.05, 0.1) is 5.52 Å². The van der Waals surface area contributed by atoms with Crippen molar-refractivity contribution in [3.8, 4) is 0 Å². The summed E-state index contributed by atoms with van der Waals surface area (Å²) in [6, 6.07) is 9.30. The van der Waals surface area contributed by atoms with Gasteiger partial charge in [-0.15, -0.1) is 0 Å². The minimum Gasteiger partial charge on any atom is -0.396 e. The quantitative estimate of drug-likeness (QED) is 0.780. The molecule has 0 aliphatic heterocycles. The first-order valence-corrected chi connectivity index (χ1v) is 6.55. The maximum atomic E-state index is 11.9. The van der Waals surface area contributed by atoms with Crippen LogP contribution in [0, 0.1) is 0 Å². The molecule has 0 radical (unpaired) electrons. The first-order valence-electron chi connectivity index (χ1n) is 6.55. The molecule has 1 amide bonds. The van der Waals surface area contributed by atoms with Gasteiger partial charge in [-0.25, -0.2) is 0 Å². The zero-order valence-electron chi connectivity index (χ0n) is 10.8. The molecule has 0 saturated carbocycles. The lowest BCUT2D eigenvalue weighted by atomic mass is 10.1. The van der Waals surface area contributed by atoms with Gasteiger partial charge < -0.3 is 10.4 Å². The second kappa shape index (κ2) is 6.85. The van der Waals surface area contributed by atoms with E-state index in [0.717, 1.165) is 30.2 Å². The third-order valence-corrected chi connectivity index (χ3v) is 2.99. The number of hydrogen-bond donors (Lipinski definition) is 2. The van der Waals surface area contributed by atoms with Crippen molar-refractivity contribution in [1.82, 2.24) is 10.3 Å². The van der Waals surface area contributed by atoms with Crippen LogP contribution in [0.4, 0.5) is 0 Å². The van der Waals surface area contributed by atoms with E-state index in [1.54, 1.807) is 12.3 Å². The number of hydrogen-bond acceptors (Lipinski definition) is 3. The number of aromatic nitrogens is 1. The Hall–Kier alpha value is -1.94. The average Bonchev–Trinajstić information content (AvgIpc) is 2.46. The fourth-order valence-corrected chi connectivity index (χ4v) is 1.93. The van der Waals surface area contributed by atoms with Crippen molar-refractivity contribution in [1.29, 1.82) is 0 Å². The molecule has 0 aliphatic carbocycles. The van der Waals surface area contributed by atoms with Gasteiger partial charge in [0.2, 0.25) is 0 Å². The Balaban J connectivity index is 1.93. The van der Waals surface area contributed by atoms with Crippen LogP contribution in [-0.4, -0.2) is 29.1 Å². The van der Waals surface area contributed by atoms with Crippen LogP contribution in [0.15, 0.2) is 36.5 Å². The number of nitrogens with one attached hydrogen (secondary N) is 1. The van der Waals surface area contributed by atoms with E-state index in [1.165, 1.54) is 0 Å². The highest BCUT2D eigenvalue weighted by molar-refractivity contribution is 5.97. The third-order valence-electron chi connectivity index (χ3n) is 2.99. The van der Waals surface area contributed by atoms with Gasteiger partial charge in [-0.1, -0.05) is 6.07 Å². The molecule has 0 unspecified atom stereocenters. The van der Waals surface area contributed by atoms with Gasteiger partial charge in [0, 0.05) is 30.3 Å². The summed E-state index contributed by atoms with van der Waals surface area (Å²) in [7, 11) is 0. The van der Waals surface area contributed by atoms with Crippen LogP contribution in [0.25, 0.3) is 10.9 Å². The van der Waals surface area contributed by atoms with E-state index in [0.29, 0.717) is 12.1 Å². The summed E-state index contributed by atoms with van der Waals surface area (Å²) in [4.78, 5) is 16.2. The number of amides is 1. The molecule has 100 valence electrons. The van der Waals surface area contributed by atoms with Crippen molar-refractivity contribution in [2.24, 2.45) is 0 Å². The monoisotopic (exact) mass is 258 g/mol. The van der Waals surface area contributed by atoms with E-state index in [-0.39, 0.29) is 12.5 Å². The average molecular weight is 258 g/mol. The predicted molar refractivity (Wildman–Crippen MR) is 75.0 cm³/mol. The Kier molecular flexibility index (Phi) is 4.86. The smallest absolute Gasteiger partial charge is 0.251 e. The number of nitrogens with zero attached hydrogens (tertiary/aromatic N) is 1. The largest absolute Gasteiger partial charge is 0.396 e. The minimum atomic E-state index is -0.0604. The summed E-state index contributed by atoms with van der Waals surface area (Å²) >= 11 is 0. The first-order chi connectivity index (χ1) is 9.31. The zero-order valence-corrected chi connectivity index (χ0v) is 10.8. The molecule has 2 aromatic rings. The lowest BCUT2D eigenvalue weighted by Gasteiger charge is -2.05. The lowest BCUT2D eigenvalue weighted by molar-refractivity contribution is 0.0953. The van der Waals surface area contributed by atoms with E-state index >= 15 is 0 Å². The molecular weight excluding hydrogens is 240 g/mol. The molecule has 4 nitrogen and oxygen atoms in total. The second-order valence-corrected chi connectivity index (χ2v) is 4.45. The fraction of sp³-hybridized carbons (Fsp3) is 0.333. The van der Waals surface area contributed by atoms with Gasteiger partial charge in [-0.3, -0.25) is 9.78 Å². The van der Waals surface area contributed by atoms with Crippen molar-refractivity contribution < 1.29 is 9.90 Å². The summed E-state index contributed by atoms with van der Waals surface area (Å²) in [5, 5.41) is 12.5. The van der Waals surface area contributed by atoms with Gasteiger partial charge >= 0.3 is 0 Å². The maximum Gasteiger partial charge on any atom is 0.251 e. The standard InChI is InChI=1S/C15H18N2O2/c18-10-3-1-2-8-17-15(19)13-6-7-14-12(11-13)5-4-9-16-14/h4-7,9,11,18H,1-3,8,10H2,(H,17,19). The number of benzene rings is 1. The van der Waals surface area contributed by atoms with Crippen molar-refractivity contribution in [2.75, 3.05) is 13.2 Å². The van der Waals surface area contributed by atoms with Crippen LogP contribution in [0.3, 0.4) is 0 Å². The molecule has 0 bridgehead atoms. The van der Waals surface area contributed by atoms with E-state index in [2.05, 4.69) is 10.3 Å². The second-order valence-electron chi connectivity index (χ2n) is 4.45. The molecule has 1 heterocycles. The van der Waals surface area contributed by atoms with Crippen molar-refractivity contribution >= 4 is 16.8 Å². The Morgan fingerprint density at radius 1 is 1.21 bits per heavy atom. The third kappa shape index (κ3) is 3.76.